The Hall–Kier alpha value is -2.94. The Kier molecular flexibility index (Phi) is 7.50. The highest BCUT2D eigenvalue weighted by molar-refractivity contribution is 5.96. The molecule has 9 nitrogen and oxygen atoms in total. The number of carbonyl (C=O) groups is 4. The fourth-order valence-electron chi connectivity index (χ4n) is 3.82. The zero-order valence-electron chi connectivity index (χ0n) is 19.1. The zero-order valence-corrected chi connectivity index (χ0v) is 19.1. The van der Waals surface area contributed by atoms with Gasteiger partial charge in [-0.1, -0.05) is 0 Å². The summed E-state index contributed by atoms with van der Waals surface area (Å²) in [5.41, 5.74) is 0.821. The normalized spacial score (nSPS) is 17.4. The van der Waals surface area contributed by atoms with Crippen LogP contribution in [0.2, 0.25) is 0 Å². The molecule has 0 aromatic heterocycles. The number of ether oxygens (including phenoxy) is 1. The molecule has 1 aromatic carbocycles. The van der Waals surface area contributed by atoms with Crippen molar-refractivity contribution in [3.8, 4) is 0 Å². The van der Waals surface area contributed by atoms with Gasteiger partial charge in [0.25, 0.3) is 5.91 Å². The van der Waals surface area contributed by atoms with E-state index in [1.807, 2.05) is 25.7 Å². The van der Waals surface area contributed by atoms with Gasteiger partial charge in [-0.2, -0.15) is 0 Å². The van der Waals surface area contributed by atoms with E-state index in [4.69, 9.17) is 4.74 Å². The Morgan fingerprint density at radius 3 is 2.22 bits per heavy atom. The lowest BCUT2D eigenvalue weighted by atomic mass is 10.1. The van der Waals surface area contributed by atoms with Crippen LogP contribution < -0.4 is 10.2 Å². The lowest BCUT2D eigenvalue weighted by Gasteiger charge is -2.34. The molecule has 0 aliphatic carbocycles. The van der Waals surface area contributed by atoms with Crippen molar-refractivity contribution >= 4 is 29.4 Å². The highest BCUT2D eigenvalue weighted by Gasteiger charge is 2.25. The molecule has 2 aliphatic heterocycles. The van der Waals surface area contributed by atoms with Gasteiger partial charge in [0, 0.05) is 50.4 Å². The van der Waals surface area contributed by atoms with Crippen LogP contribution in [0.25, 0.3) is 0 Å². The smallest absolute Gasteiger partial charge is 0.338 e. The Morgan fingerprint density at radius 2 is 1.66 bits per heavy atom. The molecule has 0 saturated carbocycles. The highest BCUT2D eigenvalue weighted by Crippen LogP contribution is 2.21. The lowest BCUT2D eigenvalue weighted by molar-refractivity contribution is -0.136. The summed E-state index contributed by atoms with van der Waals surface area (Å²) in [6, 6.07) is 6.65. The summed E-state index contributed by atoms with van der Waals surface area (Å²) in [6.07, 6.45) is 1.38. The molecule has 0 atom stereocenters. The quantitative estimate of drug-likeness (QED) is 0.658. The van der Waals surface area contributed by atoms with Crippen molar-refractivity contribution in [1.29, 1.82) is 0 Å². The number of anilines is 1. The average molecular weight is 445 g/mol. The zero-order chi connectivity index (χ0) is 23.3. The van der Waals surface area contributed by atoms with Gasteiger partial charge in [-0.25, -0.2) is 4.79 Å². The molecule has 3 amide bonds. The molecular formula is C23H32N4O5. The number of piperazine rings is 1. The second-order valence-corrected chi connectivity index (χ2v) is 9.23. The van der Waals surface area contributed by atoms with Crippen LogP contribution in [0.1, 0.15) is 44.0 Å². The minimum Gasteiger partial charge on any atom is -0.452 e. The van der Waals surface area contributed by atoms with Gasteiger partial charge in [-0.3, -0.25) is 19.3 Å². The van der Waals surface area contributed by atoms with E-state index >= 15 is 0 Å². The Balaban J connectivity index is 1.40. The van der Waals surface area contributed by atoms with Crippen LogP contribution in [-0.4, -0.2) is 84.9 Å². The Morgan fingerprint density at radius 1 is 1.00 bits per heavy atom. The largest absolute Gasteiger partial charge is 0.452 e. The standard InChI is InChI=1S/C23H32N4O5/c1-23(2,3)24-19(28)15-25-11-13-26(14-12-25)21(30)16-32-22(31)17-6-8-18(9-7-17)27-10-4-5-20(27)29/h6-9H,4-5,10-16H2,1-3H3,(H,24,28). The molecule has 2 fully saturated rings. The van der Waals surface area contributed by atoms with E-state index in [1.54, 1.807) is 34.1 Å². The summed E-state index contributed by atoms with van der Waals surface area (Å²) in [5, 5.41) is 2.93. The number of benzene rings is 1. The second kappa shape index (κ2) is 10.1. The van der Waals surface area contributed by atoms with E-state index in [1.165, 1.54) is 0 Å². The van der Waals surface area contributed by atoms with Crippen LogP contribution in [-0.2, 0) is 19.1 Å². The number of esters is 1. The van der Waals surface area contributed by atoms with Crippen LogP contribution in [0.3, 0.4) is 0 Å². The van der Waals surface area contributed by atoms with Crippen LogP contribution in [0.15, 0.2) is 24.3 Å². The first-order valence-electron chi connectivity index (χ1n) is 11.0. The summed E-state index contributed by atoms with van der Waals surface area (Å²) in [7, 11) is 0. The van der Waals surface area contributed by atoms with E-state index < -0.39 is 5.97 Å². The maximum atomic E-state index is 12.4. The predicted molar refractivity (Wildman–Crippen MR) is 119 cm³/mol. The molecule has 2 aliphatic rings. The summed E-state index contributed by atoms with van der Waals surface area (Å²) < 4.78 is 5.19. The van der Waals surface area contributed by atoms with Crippen molar-refractivity contribution in [3.63, 3.8) is 0 Å². The van der Waals surface area contributed by atoms with Crippen LogP contribution in [0.4, 0.5) is 5.69 Å². The minimum atomic E-state index is -0.574. The molecule has 3 rings (SSSR count). The summed E-state index contributed by atoms with van der Waals surface area (Å²) in [6.45, 7) is 8.62. The van der Waals surface area contributed by atoms with Crippen molar-refractivity contribution in [1.82, 2.24) is 15.1 Å². The number of hydrogen-bond acceptors (Lipinski definition) is 6. The van der Waals surface area contributed by atoms with Crippen molar-refractivity contribution < 1.29 is 23.9 Å². The third-order valence-corrected chi connectivity index (χ3v) is 5.42. The first-order valence-corrected chi connectivity index (χ1v) is 11.0. The molecule has 0 bridgehead atoms. The monoisotopic (exact) mass is 444 g/mol. The van der Waals surface area contributed by atoms with Gasteiger partial charge in [-0.15, -0.1) is 0 Å². The topological polar surface area (TPSA) is 99.3 Å². The van der Waals surface area contributed by atoms with E-state index in [-0.39, 0.29) is 29.9 Å². The summed E-state index contributed by atoms with van der Waals surface area (Å²) >= 11 is 0. The van der Waals surface area contributed by atoms with Crippen LogP contribution in [0, 0.1) is 0 Å². The number of hydrogen-bond donors (Lipinski definition) is 1. The van der Waals surface area contributed by atoms with Gasteiger partial charge in [-0.05, 0) is 51.5 Å². The molecule has 174 valence electrons. The number of carbonyl (C=O) groups excluding carboxylic acids is 4. The number of nitrogens with zero attached hydrogens (tertiary/aromatic N) is 3. The number of nitrogens with one attached hydrogen (secondary N) is 1. The fraction of sp³-hybridized carbons (Fsp3) is 0.565. The molecule has 1 aromatic rings. The highest BCUT2D eigenvalue weighted by atomic mass is 16.5. The summed E-state index contributed by atoms with van der Waals surface area (Å²) in [5.74, 6) is -0.779. The van der Waals surface area contributed by atoms with Gasteiger partial charge in [0.05, 0.1) is 12.1 Å². The first-order chi connectivity index (χ1) is 15.1. The van der Waals surface area contributed by atoms with E-state index in [9.17, 15) is 19.2 Å². The van der Waals surface area contributed by atoms with Gasteiger partial charge in [0.1, 0.15) is 0 Å². The molecular weight excluding hydrogens is 412 g/mol. The van der Waals surface area contributed by atoms with Gasteiger partial charge >= 0.3 is 5.97 Å². The van der Waals surface area contributed by atoms with Crippen molar-refractivity contribution in [2.24, 2.45) is 0 Å². The van der Waals surface area contributed by atoms with Crippen LogP contribution in [0.5, 0.6) is 0 Å². The molecule has 2 saturated heterocycles. The van der Waals surface area contributed by atoms with Crippen molar-refractivity contribution in [3.05, 3.63) is 29.8 Å². The molecule has 0 spiro atoms. The molecule has 0 unspecified atom stereocenters. The Labute approximate surface area is 188 Å². The predicted octanol–water partition coefficient (Wildman–Crippen LogP) is 1.03. The number of rotatable bonds is 6. The van der Waals surface area contributed by atoms with Crippen LogP contribution >= 0.6 is 0 Å². The van der Waals surface area contributed by atoms with E-state index in [0.29, 0.717) is 51.3 Å². The fourth-order valence-corrected chi connectivity index (χ4v) is 3.82. The van der Waals surface area contributed by atoms with Crippen molar-refractivity contribution in [2.45, 2.75) is 39.2 Å². The minimum absolute atomic E-state index is 0.0358. The van der Waals surface area contributed by atoms with Gasteiger partial charge < -0.3 is 19.9 Å². The maximum Gasteiger partial charge on any atom is 0.338 e. The maximum absolute atomic E-state index is 12.4. The first kappa shape index (κ1) is 23.7. The van der Waals surface area contributed by atoms with Crippen molar-refractivity contribution in [2.75, 3.05) is 50.8 Å². The summed E-state index contributed by atoms with van der Waals surface area (Å²) in [4.78, 5) is 53.9. The molecule has 1 N–H and O–H groups in total. The molecule has 32 heavy (non-hydrogen) atoms. The van der Waals surface area contributed by atoms with Gasteiger partial charge in [0.2, 0.25) is 11.8 Å². The average Bonchev–Trinajstić information content (AvgIpc) is 3.17. The third kappa shape index (κ3) is 6.53. The van der Waals surface area contributed by atoms with E-state index in [0.717, 1.165) is 12.1 Å². The number of amides is 3. The molecule has 2 heterocycles. The third-order valence-electron chi connectivity index (χ3n) is 5.42. The molecule has 0 radical (unpaired) electrons. The Bertz CT molecular complexity index is 854. The SMILES string of the molecule is CC(C)(C)NC(=O)CN1CCN(C(=O)COC(=O)c2ccc(N3CCCC3=O)cc2)CC1. The molecule has 9 heteroatoms. The lowest BCUT2D eigenvalue weighted by Crippen LogP contribution is -2.53. The van der Waals surface area contributed by atoms with Gasteiger partial charge in [0.15, 0.2) is 6.61 Å². The second-order valence-electron chi connectivity index (χ2n) is 9.23. The van der Waals surface area contributed by atoms with E-state index in [2.05, 4.69) is 5.32 Å².